The Morgan fingerprint density at radius 1 is 0.595 bits per heavy atom. The van der Waals surface area contributed by atoms with Crippen molar-refractivity contribution in [2.24, 2.45) is 11.5 Å². The molecule has 0 aliphatic heterocycles. The zero-order valence-corrected chi connectivity index (χ0v) is 20.3. The highest BCUT2D eigenvalue weighted by Gasteiger charge is 2.13. The fourth-order valence-electron chi connectivity index (χ4n) is 4.39. The maximum absolute atomic E-state index is 12.4. The number of rotatable bonds is 8. The quantitative estimate of drug-likeness (QED) is 0.257. The molecule has 0 saturated carbocycles. The van der Waals surface area contributed by atoms with E-state index in [1.54, 1.807) is 12.1 Å². The van der Waals surface area contributed by atoms with Gasteiger partial charge in [-0.1, -0.05) is 36.4 Å². The van der Waals surface area contributed by atoms with Crippen LogP contribution < -0.4 is 22.1 Å². The summed E-state index contributed by atoms with van der Waals surface area (Å²) in [6.45, 7) is 1.64. The number of benzene rings is 4. The van der Waals surface area contributed by atoms with Crippen molar-refractivity contribution in [2.75, 3.05) is 26.2 Å². The van der Waals surface area contributed by atoms with Crippen molar-refractivity contribution in [1.82, 2.24) is 10.6 Å². The molecule has 1 heterocycles. The van der Waals surface area contributed by atoms with Crippen molar-refractivity contribution in [3.63, 3.8) is 0 Å². The van der Waals surface area contributed by atoms with Crippen LogP contribution in [0.15, 0.2) is 89.3 Å². The number of nitrogens with two attached hydrogens (primary N) is 2. The molecule has 5 rings (SSSR count). The number of nitrogens with one attached hydrogen (secondary N) is 2. The summed E-state index contributed by atoms with van der Waals surface area (Å²) < 4.78 is 6.09. The maximum Gasteiger partial charge on any atom is 0.251 e. The van der Waals surface area contributed by atoms with E-state index < -0.39 is 0 Å². The number of furan rings is 1. The van der Waals surface area contributed by atoms with Crippen LogP contribution in [-0.4, -0.2) is 38.0 Å². The van der Waals surface area contributed by atoms with E-state index in [1.807, 2.05) is 60.7 Å². The number of fused-ring (bicyclic) bond motifs is 3. The fourth-order valence-corrected chi connectivity index (χ4v) is 4.39. The Balaban J connectivity index is 1.52. The molecule has 0 unspecified atom stereocenters. The maximum atomic E-state index is 12.4. The summed E-state index contributed by atoms with van der Waals surface area (Å²) in [5, 5.41) is 7.57. The standard InChI is InChI=1S/C30H28N4O3/c31-11-13-33-29(35)23-5-1-3-19(15-23)21-7-9-27-25(17-21)26-18-22(8-10-28(26)37-27)20-4-2-6-24(16-20)30(36)34-14-12-32/h1-10,15-18H,11-14,31-32H2,(H,33,35)(H,34,36). The molecule has 6 N–H and O–H groups in total. The lowest BCUT2D eigenvalue weighted by molar-refractivity contribution is 0.0946. The molecule has 7 nitrogen and oxygen atoms in total. The summed E-state index contributed by atoms with van der Waals surface area (Å²) in [6, 6.07) is 27.1. The van der Waals surface area contributed by atoms with Gasteiger partial charge in [-0.05, 0) is 70.8 Å². The summed E-state index contributed by atoms with van der Waals surface area (Å²) in [6.07, 6.45) is 0. The van der Waals surface area contributed by atoms with Gasteiger partial charge in [0.05, 0.1) is 0 Å². The van der Waals surface area contributed by atoms with Crippen LogP contribution in [0.1, 0.15) is 20.7 Å². The molecule has 0 saturated heterocycles. The first-order valence-electron chi connectivity index (χ1n) is 12.2. The molecule has 186 valence electrons. The average molecular weight is 493 g/mol. The zero-order chi connectivity index (χ0) is 25.8. The SMILES string of the molecule is NCCNC(=O)c1cccc(-c2ccc3oc4ccc(-c5cccc(C(=O)NCCN)c5)cc4c3c2)c1. The first-order chi connectivity index (χ1) is 18.1. The first-order valence-corrected chi connectivity index (χ1v) is 12.2. The van der Waals surface area contributed by atoms with E-state index in [0.717, 1.165) is 44.2 Å². The minimum atomic E-state index is -0.147. The van der Waals surface area contributed by atoms with Crippen molar-refractivity contribution in [2.45, 2.75) is 0 Å². The van der Waals surface area contributed by atoms with Gasteiger partial charge in [-0.2, -0.15) is 0 Å². The molecule has 0 aliphatic rings. The van der Waals surface area contributed by atoms with Crippen LogP contribution in [0.2, 0.25) is 0 Å². The van der Waals surface area contributed by atoms with E-state index >= 15 is 0 Å². The Morgan fingerprint density at radius 2 is 1.03 bits per heavy atom. The van der Waals surface area contributed by atoms with Crippen molar-refractivity contribution >= 4 is 33.8 Å². The second-order valence-corrected chi connectivity index (χ2v) is 8.77. The molecular weight excluding hydrogens is 464 g/mol. The third-order valence-electron chi connectivity index (χ3n) is 6.25. The molecule has 0 atom stereocenters. The number of hydrogen-bond acceptors (Lipinski definition) is 5. The van der Waals surface area contributed by atoms with Crippen molar-refractivity contribution in [1.29, 1.82) is 0 Å². The average Bonchev–Trinajstić information content (AvgIpc) is 3.32. The normalized spacial score (nSPS) is 11.1. The minimum Gasteiger partial charge on any atom is -0.456 e. The Kier molecular flexibility index (Phi) is 6.98. The first kappa shape index (κ1) is 24.2. The van der Waals surface area contributed by atoms with Crippen LogP contribution in [0.25, 0.3) is 44.2 Å². The molecular formula is C30H28N4O3. The molecule has 0 radical (unpaired) electrons. The van der Waals surface area contributed by atoms with E-state index in [9.17, 15) is 9.59 Å². The summed E-state index contributed by atoms with van der Waals surface area (Å²) in [5.41, 5.74) is 17.6. The molecule has 0 aliphatic carbocycles. The van der Waals surface area contributed by atoms with Gasteiger partial charge in [-0.25, -0.2) is 0 Å². The number of carbonyl (C=O) groups excluding carboxylic acids is 2. The number of hydrogen-bond donors (Lipinski definition) is 4. The Bertz CT molecular complexity index is 1490. The lowest BCUT2D eigenvalue weighted by Crippen LogP contribution is -2.28. The van der Waals surface area contributed by atoms with Gasteiger partial charge < -0.3 is 26.5 Å². The van der Waals surface area contributed by atoms with E-state index in [1.165, 1.54) is 0 Å². The minimum absolute atomic E-state index is 0.147. The van der Waals surface area contributed by atoms with Crippen LogP contribution in [0.4, 0.5) is 0 Å². The van der Waals surface area contributed by atoms with Gasteiger partial charge in [0.25, 0.3) is 11.8 Å². The van der Waals surface area contributed by atoms with Crippen molar-refractivity contribution in [3.8, 4) is 22.3 Å². The van der Waals surface area contributed by atoms with Crippen LogP contribution in [-0.2, 0) is 0 Å². The van der Waals surface area contributed by atoms with Crippen LogP contribution >= 0.6 is 0 Å². The van der Waals surface area contributed by atoms with Gasteiger partial charge in [0, 0.05) is 48.1 Å². The monoisotopic (exact) mass is 492 g/mol. The molecule has 7 heteroatoms. The fraction of sp³-hybridized carbons (Fsp3) is 0.133. The van der Waals surface area contributed by atoms with Crippen molar-refractivity contribution < 1.29 is 14.0 Å². The Morgan fingerprint density at radius 3 is 1.46 bits per heavy atom. The highest BCUT2D eigenvalue weighted by Crippen LogP contribution is 2.35. The van der Waals surface area contributed by atoms with E-state index in [2.05, 4.69) is 22.8 Å². The van der Waals surface area contributed by atoms with Gasteiger partial charge in [0.15, 0.2) is 0 Å². The highest BCUT2D eigenvalue weighted by atomic mass is 16.3. The van der Waals surface area contributed by atoms with Gasteiger partial charge in [-0.3, -0.25) is 9.59 Å². The van der Waals surface area contributed by atoms with Gasteiger partial charge >= 0.3 is 0 Å². The Labute approximate surface area is 214 Å². The number of amides is 2. The summed E-state index contributed by atoms with van der Waals surface area (Å²) in [4.78, 5) is 24.8. The third-order valence-corrected chi connectivity index (χ3v) is 6.25. The smallest absolute Gasteiger partial charge is 0.251 e. The predicted molar refractivity (Wildman–Crippen MR) is 147 cm³/mol. The Hall–Kier alpha value is -4.46. The molecule has 0 spiro atoms. The molecule has 0 fully saturated rings. The summed E-state index contributed by atoms with van der Waals surface area (Å²) in [5.74, 6) is -0.295. The lowest BCUT2D eigenvalue weighted by Gasteiger charge is -2.07. The van der Waals surface area contributed by atoms with Gasteiger partial charge in [-0.15, -0.1) is 0 Å². The zero-order valence-electron chi connectivity index (χ0n) is 20.3. The van der Waals surface area contributed by atoms with Gasteiger partial charge in [0.1, 0.15) is 11.2 Å². The molecule has 1 aromatic heterocycles. The predicted octanol–water partition coefficient (Wildman–Crippen LogP) is 4.30. The van der Waals surface area contributed by atoms with Crippen molar-refractivity contribution in [3.05, 3.63) is 96.1 Å². The van der Waals surface area contributed by atoms with Gasteiger partial charge in [0.2, 0.25) is 0 Å². The third kappa shape index (κ3) is 5.09. The molecule has 5 aromatic rings. The second kappa shape index (κ2) is 10.7. The molecule has 2 amide bonds. The highest BCUT2D eigenvalue weighted by molar-refractivity contribution is 6.08. The topological polar surface area (TPSA) is 123 Å². The summed E-state index contributed by atoms with van der Waals surface area (Å²) >= 11 is 0. The van der Waals surface area contributed by atoms with E-state index in [-0.39, 0.29) is 11.8 Å². The number of carbonyl (C=O) groups is 2. The van der Waals surface area contributed by atoms with E-state index in [0.29, 0.717) is 37.3 Å². The lowest BCUT2D eigenvalue weighted by atomic mass is 9.98. The van der Waals surface area contributed by atoms with Crippen LogP contribution in [0, 0.1) is 0 Å². The van der Waals surface area contributed by atoms with Crippen LogP contribution in [0.5, 0.6) is 0 Å². The van der Waals surface area contributed by atoms with Crippen LogP contribution in [0.3, 0.4) is 0 Å². The largest absolute Gasteiger partial charge is 0.456 e. The molecule has 4 aromatic carbocycles. The molecule has 37 heavy (non-hydrogen) atoms. The van der Waals surface area contributed by atoms with E-state index in [4.69, 9.17) is 15.9 Å². The summed E-state index contributed by atoms with van der Waals surface area (Å²) in [7, 11) is 0. The molecule has 0 bridgehead atoms. The second-order valence-electron chi connectivity index (χ2n) is 8.77.